The predicted octanol–water partition coefficient (Wildman–Crippen LogP) is -0.0350. The van der Waals surface area contributed by atoms with Crippen molar-refractivity contribution in [2.75, 3.05) is 19.7 Å². The summed E-state index contributed by atoms with van der Waals surface area (Å²) in [4.78, 5) is 1.99. The van der Waals surface area contributed by atoms with Crippen LogP contribution in [0.1, 0.15) is 32.6 Å². The first-order chi connectivity index (χ1) is 7.20. The largest absolute Gasteiger partial charge is 0.395 e. The number of rotatable bonds is 6. The lowest BCUT2D eigenvalue weighted by Crippen LogP contribution is -2.39. The highest BCUT2D eigenvalue weighted by molar-refractivity contribution is 4.92. The van der Waals surface area contributed by atoms with Crippen molar-refractivity contribution in [3.8, 4) is 0 Å². The molecule has 0 aromatic carbocycles. The molecular formula is C11H23NO3. The van der Waals surface area contributed by atoms with E-state index in [0.29, 0.717) is 6.54 Å². The van der Waals surface area contributed by atoms with Crippen LogP contribution in [0.4, 0.5) is 0 Å². The van der Waals surface area contributed by atoms with Crippen LogP contribution in [0.3, 0.4) is 0 Å². The lowest BCUT2D eigenvalue weighted by molar-refractivity contribution is 0.0216. The van der Waals surface area contributed by atoms with E-state index in [4.69, 9.17) is 5.11 Å². The molecule has 1 aliphatic rings. The molecule has 0 aromatic heterocycles. The highest BCUT2D eigenvalue weighted by Gasteiger charge is 2.38. The third-order valence-electron chi connectivity index (χ3n) is 3.16. The maximum Gasteiger partial charge on any atom is 0.0988 e. The number of hydrogen-bond acceptors (Lipinski definition) is 4. The molecule has 0 bridgehead atoms. The van der Waals surface area contributed by atoms with E-state index in [-0.39, 0.29) is 12.6 Å². The van der Waals surface area contributed by atoms with Crippen LogP contribution in [-0.4, -0.2) is 58.2 Å². The number of likely N-dealkylation sites (tertiary alicyclic amines) is 1. The van der Waals surface area contributed by atoms with Gasteiger partial charge in [0, 0.05) is 6.54 Å². The van der Waals surface area contributed by atoms with Gasteiger partial charge >= 0.3 is 0 Å². The van der Waals surface area contributed by atoms with Gasteiger partial charge in [0.25, 0.3) is 0 Å². The molecule has 3 N–H and O–H groups in total. The first-order valence-electron chi connectivity index (χ1n) is 5.91. The van der Waals surface area contributed by atoms with E-state index in [2.05, 4.69) is 6.92 Å². The van der Waals surface area contributed by atoms with Gasteiger partial charge in [-0.25, -0.2) is 0 Å². The maximum absolute atomic E-state index is 9.58. The number of nitrogens with zero attached hydrogens (tertiary/aromatic N) is 1. The smallest absolute Gasteiger partial charge is 0.0988 e. The Labute approximate surface area is 91.5 Å². The second-order valence-corrected chi connectivity index (χ2v) is 4.36. The molecule has 0 aliphatic carbocycles. The van der Waals surface area contributed by atoms with E-state index in [0.717, 1.165) is 13.0 Å². The minimum absolute atomic E-state index is 0.0774. The fourth-order valence-electron chi connectivity index (χ4n) is 2.18. The Balaban J connectivity index is 2.28. The Kier molecular flexibility index (Phi) is 5.53. The molecule has 4 nitrogen and oxygen atoms in total. The molecule has 0 aromatic rings. The normalized spacial score (nSPS) is 32.4. The van der Waals surface area contributed by atoms with Crippen molar-refractivity contribution >= 4 is 0 Å². The van der Waals surface area contributed by atoms with Crippen molar-refractivity contribution in [3.05, 3.63) is 0 Å². The summed E-state index contributed by atoms with van der Waals surface area (Å²) in [5.41, 5.74) is 0. The number of unbranched alkanes of at least 4 members (excludes halogenated alkanes) is 3. The van der Waals surface area contributed by atoms with Gasteiger partial charge in [0.05, 0.1) is 24.9 Å². The van der Waals surface area contributed by atoms with E-state index >= 15 is 0 Å². The van der Waals surface area contributed by atoms with E-state index in [1.54, 1.807) is 0 Å². The molecule has 0 unspecified atom stereocenters. The quantitative estimate of drug-likeness (QED) is 0.547. The summed E-state index contributed by atoms with van der Waals surface area (Å²) < 4.78 is 0. The van der Waals surface area contributed by atoms with Crippen LogP contribution in [0.5, 0.6) is 0 Å². The van der Waals surface area contributed by atoms with E-state index in [1.165, 1.54) is 19.3 Å². The molecular weight excluding hydrogens is 194 g/mol. The average Bonchev–Trinajstić information content (AvgIpc) is 2.50. The molecule has 0 radical (unpaired) electrons. The van der Waals surface area contributed by atoms with Crippen molar-refractivity contribution in [1.29, 1.82) is 0 Å². The first-order valence-corrected chi connectivity index (χ1v) is 5.91. The maximum atomic E-state index is 9.58. The molecule has 3 atom stereocenters. The molecule has 0 amide bonds. The van der Waals surface area contributed by atoms with Crippen LogP contribution in [-0.2, 0) is 0 Å². The summed E-state index contributed by atoms with van der Waals surface area (Å²) in [7, 11) is 0. The summed E-state index contributed by atoms with van der Waals surface area (Å²) in [6.45, 7) is 3.43. The van der Waals surface area contributed by atoms with Crippen LogP contribution >= 0.6 is 0 Å². The highest BCUT2D eigenvalue weighted by Crippen LogP contribution is 2.19. The highest BCUT2D eigenvalue weighted by atomic mass is 16.3. The number of aliphatic hydroxyl groups is 3. The van der Waals surface area contributed by atoms with E-state index in [1.807, 2.05) is 4.90 Å². The Bertz CT molecular complexity index is 177. The van der Waals surface area contributed by atoms with Crippen LogP contribution in [0.15, 0.2) is 0 Å². The monoisotopic (exact) mass is 217 g/mol. The van der Waals surface area contributed by atoms with Crippen molar-refractivity contribution < 1.29 is 15.3 Å². The zero-order valence-corrected chi connectivity index (χ0v) is 9.47. The van der Waals surface area contributed by atoms with Gasteiger partial charge in [0.1, 0.15) is 0 Å². The lowest BCUT2D eigenvalue weighted by Gasteiger charge is -2.23. The second kappa shape index (κ2) is 6.43. The topological polar surface area (TPSA) is 63.9 Å². The van der Waals surface area contributed by atoms with E-state index in [9.17, 15) is 10.2 Å². The lowest BCUT2D eigenvalue weighted by atomic mass is 10.1. The summed E-state index contributed by atoms with van der Waals surface area (Å²) in [6.07, 6.45) is 3.19. The van der Waals surface area contributed by atoms with Crippen LogP contribution < -0.4 is 0 Å². The standard InChI is InChI=1S/C11H23NO3/c1-2-3-4-5-6-12-7-10(14)11(15)9(12)8-13/h9-11,13-15H,2-8H2,1H3/t9-,10+,11-/m1/s1. The molecule has 0 saturated carbocycles. The minimum atomic E-state index is -0.791. The van der Waals surface area contributed by atoms with Crippen molar-refractivity contribution in [2.45, 2.75) is 50.9 Å². The second-order valence-electron chi connectivity index (χ2n) is 4.36. The molecule has 4 heteroatoms. The molecule has 15 heavy (non-hydrogen) atoms. The fraction of sp³-hybridized carbons (Fsp3) is 1.00. The van der Waals surface area contributed by atoms with Crippen molar-refractivity contribution in [1.82, 2.24) is 4.90 Å². The van der Waals surface area contributed by atoms with Crippen molar-refractivity contribution in [3.63, 3.8) is 0 Å². The molecule has 1 saturated heterocycles. The molecule has 0 spiro atoms. The van der Waals surface area contributed by atoms with Crippen molar-refractivity contribution in [2.24, 2.45) is 0 Å². The minimum Gasteiger partial charge on any atom is -0.395 e. The molecule has 1 fully saturated rings. The van der Waals surface area contributed by atoms with Gasteiger partial charge < -0.3 is 15.3 Å². The fourth-order valence-corrected chi connectivity index (χ4v) is 2.18. The van der Waals surface area contributed by atoms with Gasteiger partial charge in [-0.05, 0) is 13.0 Å². The van der Waals surface area contributed by atoms with Crippen LogP contribution in [0.2, 0.25) is 0 Å². The SMILES string of the molecule is CCCCCCN1C[C@H](O)[C@H](O)[C@H]1CO. The van der Waals surface area contributed by atoms with Gasteiger partial charge in [-0.3, -0.25) is 4.90 Å². The molecule has 1 aliphatic heterocycles. The molecule has 90 valence electrons. The molecule has 1 rings (SSSR count). The van der Waals surface area contributed by atoms with Gasteiger partial charge in [-0.15, -0.1) is 0 Å². The van der Waals surface area contributed by atoms with Crippen LogP contribution in [0, 0.1) is 0 Å². The Hall–Kier alpha value is -0.160. The van der Waals surface area contributed by atoms with Gasteiger partial charge in [0.2, 0.25) is 0 Å². The van der Waals surface area contributed by atoms with Gasteiger partial charge in [-0.2, -0.15) is 0 Å². The third kappa shape index (κ3) is 3.41. The summed E-state index contributed by atoms with van der Waals surface area (Å²) in [5, 5.41) is 28.2. The zero-order chi connectivity index (χ0) is 11.3. The third-order valence-corrected chi connectivity index (χ3v) is 3.16. The van der Waals surface area contributed by atoms with E-state index < -0.39 is 12.2 Å². The van der Waals surface area contributed by atoms with Gasteiger partial charge in [0.15, 0.2) is 0 Å². The van der Waals surface area contributed by atoms with Gasteiger partial charge in [-0.1, -0.05) is 26.2 Å². The Morgan fingerprint density at radius 2 is 1.93 bits per heavy atom. The number of β-amino-alcohol motifs (C(OH)–C–C–N with tert-alkyl or cyclic N) is 1. The van der Waals surface area contributed by atoms with Crippen LogP contribution in [0.25, 0.3) is 0 Å². The summed E-state index contributed by atoms with van der Waals surface area (Å²) in [5.74, 6) is 0. The predicted molar refractivity (Wildman–Crippen MR) is 58.6 cm³/mol. The number of aliphatic hydroxyl groups excluding tert-OH is 3. The number of hydrogen-bond donors (Lipinski definition) is 3. The summed E-state index contributed by atoms with van der Waals surface area (Å²) in [6, 6.07) is -0.276. The first kappa shape index (κ1) is 12.9. The Morgan fingerprint density at radius 1 is 1.20 bits per heavy atom. The zero-order valence-electron chi connectivity index (χ0n) is 9.47. The summed E-state index contributed by atoms with van der Waals surface area (Å²) >= 11 is 0. The molecule has 1 heterocycles. The Morgan fingerprint density at radius 3 is 2.53 bits per heavy atom. The average molecular weight is 217 g/mol.